The molecule has 1 heterocycles. The van der Waals surface area contributed by atoms with E-state index in [0.29, 0.717) is 31.1 Å². The molecule has 1 aromatic rings. The van der Waals surface area contributed by atoms with Crippen LogP contribution in [0, 0.1) is 0 Å². The second kappa shape index (κ2) is 9.63. The summed E-state index contributed by atoms with van der Waals surface area (Å²) in [6, 6.07) is 7.16. The highest BCUT2D eigenvalue weighted by Crippen LogP contribution is 2.28. The Labute approximate surface area is 147 Å². The quantitative estimate of drug-likeness (QED) is 0.872. The molecule has 0 saturated carbocycles. The fourth-order valence-corrected chi connectivity index (χ4v) is 3.12. The summed E-state index contributed by atoms with van der Waals surface area (Å²) in [7, 11) is 0. The van der Waals surface area contributed by atoms with Crippen LogP contribution in [0.15, 0.2) is 24.3 Å². The number of nitrogens with two attached hydrogens (primary N) is 1. The van der Waals surface area contributed by atoms with Gasteiger partial charge in [0.2, 0.25) is 5.91 Å². The van der Waals surface area contributed by atoms with Crippen LogP contribution in [-0.4, -0.2) is 48.6 Å². The molecule has 0 aromatic heterocycles. The molecule has 22 heavy (non-hydrogen) atoms. The van der Waals surface area contributed by atoms with Gasteiger partial charge in [0.1, 0.15) is 6.10 Å². The number of carbonyl (C=O) groups is 1. The van der Waals surface area contributed by atoms with E-state index in [4.69, 9.17) is 22.1 Å². The Kier molecular flexibility index (Phi) is 8.57. The van der Waals surface area contributed by atoms with Crippen LogP contribution in [0.1, 0.15) is 18.1 Å². The maximum atomic E-state index is 12.4. The molecule has 0 radical (unpaired) electrons. The van der Waals surface area contributed by atoms with Crippen molar-refractivity contribution in [2.24, 2.45) is 5.73 Å². The Balaban J connectivity index is 0.00000242. The summed E-state index contributed by atoms with van der Waals surface area (Å²) in [5.41, 5.74) is 6.90. The van der Waals surface area contributed by atoms with Crippen molar-refractivity contribution in [1.29, 1.82) is 0 Å². The highest BCUT2D eigenvalue weighted by molar-refractivity contribution is 7.98. The molecule has 124 valence electrons. The van der Waals surface area contributed by atoms with Gasteiger partial charge in [-0.3, -0.25) is 4.79 Å². The Morgan fingerprint density at radius 2 is 2.27 bits per heavy atom. The number of ether oxygens (including phenoxy) is 1. The first-order chi connectivity index (χ1) is 10.1. The normalized spacial score (nSPS) is 19.4. The lowest BCUT2D eigenvalue weighted by molar-refractivity contribution is -0.140. The van der Waals surface area contributed by atoms with Gasteiger partial charge in [-0.1, -0.05) is 29.8 Å². The molecule has 0 bridgehead atoms. The minimum Gasteiger partial charge on any atom is -0.370 e. The predicted molar refractivity (Wildman–Crippen MR) is 94.9 cm³/mol. The van der Waals surface area contributed by atoms with Crippen LogP contribution in [0.2, 0.25) is 5.02 Å². The molecular formula is C15H22Cl2N2O2S. The summed E-state index contributed by atoms with van der Waals surface area (Å²) in [4.78, 5) is 14.2. The molecule has 2 atom stereocenters. The van der Waals surface area contributed by atoms with Crippen molar-refractivity contribution in [3.63, 3.8) is 0 Å². The first kappa shape index (κ1) is 19.6. The average molecular weight is 365 g/mol. The molecule has 7 heteroatoms. The minimum atomic E-state index is -0.428. The molecule has 4 nitrogen and oxygen atoms in total. The third-order valence-electron chi connectivity index (χ3n) is 3.58. The highest BCUT2D eigenvalue weighted by atomic mass is 35.5. The largest absolute Gasteiger partial charge is 0.370 e. The standard InChI is InChI=1S/C15H21ClN2O2S.ClH/c1-21-9-6-13(17)15(19)18-7-8-20-14(10-18)11-4-2-3-5-12(11)16;/h2-5,13-14H,6-10,17H2,1H3;1H. The number of nitrogens with zero attached hydrogens (tertiary/aromatic N) is 1. The minimum absolute atomic E-state index is 0. The molecule has 2 N–H and O–H groups in total. The third kappa shape index (κ3) is 5.03. The third-order valence-corrected chi connectivity index (χ3v) is 4.57. The first-order valence-electron chi connectivity index (χ1n) is 7.02. The Morgan fingerprint density at radius 1 is 1.55 bits per heavy atom. The molecule has 0 spiro atoms. The van der Waals surface area contributed by atoms with E-state index in [9.17, 15) is 4.79 Å². The zero-order chi connectivity index (χ0) is 15.2. The lowest BCUT2D eigenvalue weighted by Crippen LogP contribution is -2.49. The molecule has 1 aliphatic rings. The van der Waals surface area contributed by atoms with Gasteiger partial charge >= 0.3 is 0 Å². The van der Waals surface area contributed by atoms with Gasteiger partial charge < -0.3 is 15.4 Å². The van der Waals surface area contributed by atoms with Gasteiger partial charge in [-0.2, -0.15) is 11.8 Å². The van der Waals surface area contributed by atoms with E-state index < -0.39 is 6.04 Å². The summed E-state index contributed by atoms with van der Waals surface area (Å²) in [6.07, 6.45) is 2.54. The fourth-order valence-electron chi connectivity index (χ4n) is 2.38. The number of halogens is 2. The van der Waals surface area contributed by atoms with Gasteiger partial charge in [-0.25, -0.2) is 0 Å². The zero-order valence-corrected chi connectivity index (χ0v) is 14.9. The average Bonchev–Trinajstić information content (AvgIpc) is 2.52. The van der Waals surface area contributed by atoms with Gasteiger partial charge in [0.05, 0.1) is 19.2 Å². The molecule has 1 aromatic carbocycles. The van der Waals surface area contributed by atoms with Crippen LogP contribution in [0.5, 0.6) is 0 Å². The second-order valence-corrected chi connectivity index (χ2v) is 6.45. The summed E-state index contributed by atoms with van der Waals surface area (Å²) in [5, 5.41) is 0.670. The van der Waals surface area contributed by atoms with Crippen LogP contribution in [0.25, 0.3) is 0 Å². The predicted octanol–water partition coefficient (Wildman–Crippen LogP) is 2.74. The van der Waals surface area contributed by atoms with Crippen molar-refractivity contribution in [2.45, 2.75) is 18.6 Å². The number of hydrogen-bond donors (Lipinski definition) is 1. The lowest BCUT2D eigenvalue weighted by atomic mass is 10.1. The van der Waals surface area contributed by atoms with E-state index in [0.717, 1.165) is 11.3 Å². The smallest absolute Gasteiger partial charge is 0.239 e. The summed E-state index contributed by atoms with van der Waals surface area (Å²) in [5.74, 6) is 0.898. The van der Waals surface area contributed by atoms with Gasteiger partial charge in [0, 0.05) is 17.1 Å². The number of thioether (sulfide) groups is 1. The van der Waals surface area contributed by atoms with Crippen LogP contribution >= 0.6 is 35.8 Å². The second-order valence-electron chi connectivity index (χ2n) is 5.05. The van der Waals surface area contributed by atoms with Gasteiger partial charge in [0.15, 0.2) is 0 Å². The molecule has 1 amide bonds. The fraction of sp³-hybridized carbons (Fsp3) is 0.533. The van der Waals surface area contributed by atoms with E-state index >= 15 is 0 Å². The van der Waals surface area contributed by atoms with E-state index in [-0.39, 0.29) is 24.4 Å². The molecule has 2 unspecified atom stereocenters. The summed E-state index contributed by atoms with van der Waals surface area (Å²) in [6.45, 7) is 1.61. The monoisotopic (exact) mass is 364 g/mol. The Bertz CT molecular complexity index is 490. The number of hydrogen-bond acceptors (Lipinski definition) is 4. The van der Waals surface area contributed by atoms with E-state index in [1.807, 2.05) is 30.5 Å². The Hall–Kier alpha value is -0.460. The van der Waals surface area contributed by atoms with Gasteiger partial charge in [-0.15, -0.1) is 12.4 Å². The number of carbonyl (C=O) groups excluding carboxylic acids is 1. The Morgan fingerprint density at radius 3 is 2.95 bits per heavy atom. The van der Waals surface area contributed by atoms with E-state index in [1.165, 1.54) is 0 Å². The van der Waals surface area contributed by atoms with Crippen molar-refractivity contribution < 1.29 is 9.53 Å². The molecule has 0 aliphatic carbocycles. The van der Waals surface area contributed by atoms with Crippen LogP contribution < -0.4 is 5.73 Å². The van der Waals surface area contributed by atoms with E-state index in [1.54, 1.807) is 16.7 Å². The molecule has 2 rings (SSSR count). The van der Waals surface area contributed by atoms with Crippen molar-refractivity contribution in [3.05, 3.63) is 34.9 Å². The van der Waals surface area contributed by atoms with E-state index in [2.05, 4.69) is 0 Å². The topological polar surface area (TPSA) is 55.6 Å². The summed E-state index contributed by atoms with van der Waals surface area (Å²) >= 11 is 7.91. The van der Waals surface area contributed by atoms with Gasteiger partial charge in [-0.05, 0) is 24.5 Å². The van der Waals surface area contributed by atoms with Crippen molar-refractivity contribution in [3.8, 4) is 0 Å². The van der Waals surface area contributed by atoms with Crippen LogP contribution in [0.4, 0.5) is 0 Å². The van der Waals surface area contributed by atoms with Crippen molar-refractivity contribution in [1.82, 2.24) is 4.90 Å². The first-order valence-corrected chi connectivity index (χ1v) is 8.80. The number of morpholine rings is 1. The van der Waals surface area contributed by atoms with Crippen molar-refractivity contribution in [2.75, 3.05) is 31.7 Å². The van der Waals surface area contributed by atoms with Crippen LogP contribution in [0.3, 0.4) is 0 Å². The molecule has 1 saturated heterocycles. The SMILES string of the molecule is CSCCC(N)C(=O)N1CCOC(c2ccccc2Cl)C1.Cl. The molecule has 1 aliphatic heterocycles. The highest BCUT2D eigenvalue weighted by Gasteiger charge is 2.29. The molecular weight excluding hydrogens is 343 g/mol. The number of amides is 1. The van der Waals surface area contributed by atoms with Gasteiger partial charge in [0.25, 0.3) is 0 Å². The lowest BCUT2D eigenvalue weighted by Gasteiger charge is -2.34. The zero-order valence-electron chi connectivity index (χ0n) is 12.5. The maximum absolute atomic E-state index is 12.4. The summed E-state index contributed by atoms with van der Waals surface area (Å²) < 4.78 is 5.76. The molecule has 1 fully saturated rings. The van der Waals surface area contributed by atoms with Crippen molar-refractivity contribution >= 4 is 41.7 Å². The van der Waals surface area contributed by atoms with Crippen LogP contribution in [-0.2, 0) is 9.53 Å². The number of benzene rings is 1. The maximum Gasteiger partial charge on any atom is 0.239 e. The number of rotatable bonds is 5.